The molecule has 2 aliphatic rings. The molecule has 0 amide bonds. The number of carbonyl (C=O) groups is 3. The van der Waals surface area contributed by atoms with E-state index in [9.17, 15) is 24.6 Å². The molecular weight excluding hydrogens is 552 g/mol. The summed E-state index contributed by atoms with van der Waals surface area (Å²) in [6, 6.07) is 4.96. The molecule has 0 bridgehead atoms. The molecule has 2 N–H and O–H groups in total. The second-order valence-electron chi connectivity index (χ2n) is 12.0. The molecule has 0 spiro atoms. The summed E-state index contributed by atoms with van der Waals surface area (Å²) in [5.74, 6) is -2.03. The Hall–Kier alpha value is -3.61. The van der Waals surface area contributed by atoms with E-state index in [1.807, 2.05) is 6.92 Å². The lowest BCUT2D eigenvalue weighted by Crippen LogP contribution is -2.30. The minimum atomic E-state index is -0.944. The Morgan fingerprint density at radius 2 is 1.30 bits per heavy atom. The predicted octanol–water partition coefficient (Wildman–Crippen LogP) is 7.71. The molecule has 0 saturated heterocycles. The molecule has 0 heterocycles. The number of allylic oxidation sites excluding steroid dienone is 6. The largest absolute Gasteiger partial charge is 0.507 e. The highest BCUT2D eigenvalue weighted by Crippen LogP contribution is 2.39. The van der Waals surface area contributed by atoms with E-state index in [2.05, 4.69) is 44.4 Å². The zero-order chi connectivity index (χ0) is 32.4. The normalized spacial score (nSPS) is 18.2. The van der Waals surface area contributed by atoms with E-state index in [-0.39, 0.29) is 28.0 Å². The van der Waals surface area contributed by atoms with Gasteiger partial charge in [0.1, 0.15) is 11.5 Å². The van der Waals surface area contributed by atoms with Crippen molar-refractivity contribution in [1.82, 2.24) is 4.90 Å². The van der Waals surface area contributed by atoms with E-state index in [0.717, 1.165) is 82.5 Å². The van der Waals surface area contributed by atoms with Gasteiger partial charge in [0.2, 0.25) is 11.6 Å². The molecule has 2 unspecified atom stereocenters. The second kappa shape index (κ2) is 16.5. The van der Waals surface area contributed by atoms with Crippen molar-refractivity contribution in [2.75, 3.05) is 31.1 Å². The van der Waals surface area contributed by atoms with E-state index in [4.69, 9.17) is 0 Å². The fourth-order valence-corrected chi connectivity index (χ4v) is 6.20. The average Bonchev–Trinajstić information content (AvgIpc) is 3.24. The van der Waals surface area contributed by atoms with Crippen molar-refractivity contribution in [2.24, 2.45) is 11.8 Å². The highest BCUT2D eigenvalue weighted by atomic mass is 16.3. The third-order valence-corrected chi connectivity index (χ3v) is 9.16. The summed E-state index contributed by atoms with van der Waals surface area (Å²) in [6.07, 6.45) is 13.8. The van der Waals surface area contributed by atoms with Gasteiger partial charge in [0.25, 0.3) is 0 Å². The van der Waals surface area contributed by atoms with Gasteiger partial charge < -0.3 is 20.0 Å². The molecule has 2 aliphatic carbocycles. The number of phenols is 1. The van der Waals surface area contributed by atoms with Crippen molar-refractivity contribution in [1.29, 1.82) is 0 Å². The molecule has 7 heteroatoms. The van der Waals surface area contributed by atoms with Crippen LogP contribution in [0.2, 0.25) is 0 Å². The molecule has 240 valence electrons. The Balaban J connectivity index is 1.90. The molecular formula is C37H52N2O5. The van der Waals surface area contributed by atoms with Crippen molar-refractivity contribution < 1.29 is 24.6 Å². The number of benzene rings is 1. The van der Waals surface area contributed by atoms with Crippen LogP contribution in [0.4, 0.5) is 5.69 Å². The molecule has 44 heavy (non-hydrogen) atoms. The van der Waals surface area contributed by atoms with Gasteiger partial charge in [0.15, 0.2) is 5.78 Å². The lowest BCUT2D eigenvalue weighted by molar-refractivity contribution is -0.130. The number of rotatable bonds is 17. The maximum Gasteiger partial charge on any atom is 0.238 e. The molecule has 7 nitrogen and oxygen atoms in total. The van der Waals surface area contributed by atoms with Crippen molar-refractivity contribution in [3.63, 3.8) is 0 Å². The quantitative estimate of drug-likeness (QED) is 0.139. The third-order valence-electron chi connectivity index (χ3n) is 9.16. The zero-order valence-corrected chi connectivity index (χ0v) is 27.6. The van der Waals surface area contributed by atoms with Gasteiger partial charge in [-0.15, -0.1) is 0 Å². The Morgan fingerprint density at radius 3 is 1.80 bits per heavy atom. The number of nitrogens with zero attached hydrogens (tertiary/aromatic N) is 2. The molecule has 0 aromatic heterocycles. The standard InChI is InChI=1S/C37H52N2O5/c1-7-13-15-25(9-3)23-38(11-5)27-17-19-29(31(40)21-27)33-35(42)34(37(44)36(33)43)30-20-18-28(22-32(30)41)39(12-6)24-26(10-4)16-14-8-2/h17-22,25-26,40,42H,7-16,23-24H2,1-6H3/b34-30+. The number of aliphatic hydroxyl groups is 1. The van der Waals surface area contributed by atoms with Crippen LogP contribution in [0.3, 0.4) is 0 Å². The Bertz CT molecular complexity index is 1340. The molecule has 2 atom stereocenters. The molecule has 1 aromatic rings. The zero-order valence-electron chi connectivity index (χ0n) is 27.6. The van der Waals surface area contributed by atoms with E-state index in [0.29, 0.717) is 11.8 Å². The smallest absolute Gasteiger partial charge is 0.238 e. The third kappa shape index (κ3) is 7.91. The van der Waals surface area contributed by atoms with E-state index in [1.165, 1.54) is 18.6 Å². The minimum Gasteiger partial charge on any atom is -0.507 e. The molecule has 0 aliphatic heterocycles. The first-order valence-electron chi connectivity index (χ1n) is 16.7. The average molecular weight is 605 g/mol. The van der Waals surface area contributed by atoms with Crippen LogP contribution in [0.25, 0.3) is 5.57 Å². The fraction of sp³-hybridized carbons (Fsp3) is 0.541. The summed E-state index contributed by atoms with van der Waals surface area (Å²) in [5.41, 5.74) is 1.05. The number of carbonyl (C=O) groups excluding carboxylic acids is 3. The summed E-state index contributed by atoms with van der Waals surface area (Å²) in [7, 11) is 0. The predicted molar refractivity (Wildman–Crippen MR) is 179 cm³/mol. The van der Waals surface area contributed by atoms with Gasteiger partial charge >= 0.3 is 0 Å². The molecule has 0 fully saturated rings. The van der Waals surface area contributed by atoms with Gasteiger partial charge in [-0.2, -0.15) is 0 Å². The maximum absolute atomic E-state index is 13.3. The van der Waals surface area contributed by atoms with E-state index >= 15 is 0 Å². The van der Waals surface area contributed by atoms with E-state index in [1.54, 1.807) is 24.3 Å². The molecule has 0 saturated carbocycles. The van der Waals surface area contributed by atoms with Crippen molar-refractivity contribution >= 4 is 28.6 Å². The van der Waals surface area contributed by atoms with Gasteiger partial charge in [-0.25, -0.2) is 0 Å². The number of unbranched alkanes of at least 4 members (excludes halogenated alkanes) is 2. The number of aliphatic hydroxyl groups excluding tert-OH is 1. The van der Waals surface area contributed by atoms with Gasteiger partial charge in [0.05, 0.1) is 11.1 Å². The number of aromatic hydroxyl groups is 1. The summed E-state index contributed by atoms with van der Waals surface area (Å²) in [5, 5.41) is 22.2. The lowest BCUT2D eigenvalue weighted by atomic mass is 9.95. The van der Waals surface area contributed by atoms with Crippen LogP contribution in [0, 0.1) is 11.8 Å². The van der Waals surface area contributed by atoms with Crippen LogP contribution < -0.4 is 4.90 Å². The first-order chi connectivity index (χ1) is 21.1. The summed E-state index contributed by atoms with van der Waals surface area (Å²) in [4.78, 5) is 44.0. The van der Waals surface area contributed by atoms with Crippen LogP contribution in [0.15, 0.2) is 59.0 Å². The van der Waals surface area contributed by atoms with Crippen LogP contribution in [0.5, 0.6) is 5.75 Å². The number of ketones is 3. The number of anilines is 1. The van der Waals surface area contributed by atoms with Gasteiger partial charge in [-0.05, 0) is 62.8 Å². The number of likely N-dealkylation sites (N-methyl/N-ethyl adjacent to an activating group) is 1. The topological polar surface area (TPSA) is 98.2 Å². The number of Topliss-reactive ketones (excluding diaryl/α,β-unsaturated/α-hetero) is 2. The van der Waals surface area contributed by atoms with Crippen molar-refractivity contribution in [3.05, 3.63) is 64.6 Å². The monoisotopic (exact) mass is 604 g/mol. The lowest BCUT2D eigenvalue weighted by Gasteiger charge is -2.30. The molecule has 1 aromatic carbocycles. The van der Waals surface area contributed by atoms with Crippen molar-refractivity contribution in [2.45, 2.75) is 92.9 Å². The SMILES string of the molecule is CCCCC(CC)CN(CC)C1=CC(=O)/C(=C2/C(=O)C(=O)C(c3ccc(N(CC)CC(CC)CCCC)cc3O)=C2O)C=C1. The Morgan fingerprint density at radius 1 is 0.727 bits per heavy atom. The highest BCUT2D eigenvalue weighted by Gasteiger charge is 2.41. The number of phenolic OH excluding ortho intramolecular Hbond substituents is 1. The summed E-state index contributed by atoms with van der Waals surface area (Å²) < 4.78 is 0. The van der Waals surface area contributed by atoms with Crippen LogP contribution >= 0.6 is 0 Å². The van der Waals surface area contributed by atoms with Gasteiger partial charge in [-0.1, -0.05) is 66.2 Å². The Kier molecular flexibility index (Phi) is 13.0. The Labute approximate surface area is 264 Å². The van der Waals surface area contributed by atoms with Crippen LogP contribution in [-0.4, -0.2) is 58.6 Å². The van der Waals surface area contributed by atoms with Gasteiger partial charge in [-0.3, -0.25) is 14.4 Å². The van der Waals surface area contributed by atoms with Crippen LogP contribution in [-0.2, 0) is 14.4 Å². The highest BCUT2D eigenvalue weighted by molar-refractivity contribution is 6.63. The molecule has 3 rings (SSSR count). The summed E-state index contributed by atoms with van der Waals surface area (Å²) in [6.45, 7) is 16.0. The maximum atomic E-state index is 13.3. The second-order valence-corrected chi connectivity index (χ2v) is 12.0. The van der Waals surface area contributed by atoms with Crippen LogP contribution in [0.1, 0.15) is 98.5 Å². The molecule has 0 radical (unpaired) electrons. The van der Waals surface area contributed by atoms with Gasteiger partial charge in [0, 0.05) is 60.8 Å². The number of hydrogen-bond donors (Lipinski definition) is 2. The fourth-order valence-electron chi connectivity index (χ4n) is 6.20. The van der Waals surface area contributed by atoms with Crippen molar-refractivity contribution in [3.8, 4) is 5.75 Å². The summed E-state index contributed by atoms with van der Waals surface area (Å²) >= 11 is 0. The minimum absolute atomic E-state index is 0.0142. The van der Waals surface area contributed by atoms with E-state index < -0.39 is 23.1 Å². The number of hydrogen-bond acceptors (Lipinski definition) is 7. The first kappa shape index (κ1) is 34.9. The first-order valence-corrected chi connectivity index (χ1v) is 16.7.